The zero-order valence-corrected chi connectivity index (χ0v) is 12.5. The van der Waals surface area contributed by atoms with E-state index >= 15 is 0 Å². The van der Waals surface area contributed by atoms with Gasteiger partial charge in [-0.1, -0.05) is 31.4 Å². The second-order valence-electron chi connectivity index (χ2n) is 5.81. The van der Waals surface area contributed by atoms with Crippen LogP contribution in [0.5, 0.6) is 0 Å². The summed E-state index contributed by atoms with van der Waals surface area (Å²) in [6, 6.07) is 7.36. The van der Waals surface area contributed by atoms with Crippen LogP contribution in [-0.2, 0) is 0 Å². The van der Waals surface area contributed by atoms with E-state index in [1.165, 1.54) is 12.8 Å². The molecule has 0 aliphatic heterocycles. The van der Waals surface area contributed by atoms with E-state index in [-0.39, 0.29) is 18.2 Å². The van der Waals surface area contributed by atoms with Crippen molar-refractivity contribution in [2.45, 2.75) is 57.2 Å². The van der Waals surface area contributed by atoms with E-state index in [0.717, 1.165) is 24.8 Å². The molecule has 2 rings (SSSR count). The lowest BCUT2D eigenvalue weighted by Crippen LogP contribution is -2.40. The van der Waals surface area contributed by atoms with E-state index in [4.69, 9.17) is 5.73 Å². The Morgan fingerprint density at radius 1 is 1.24 bits per heavy atom. The van der Waals surface area contributed by atoms with Gasteiger partial charge in [-0.2, -0.15) is 0 Å². The normalized spacial score (nSPS) is 24.1. The summed E-state index contributed by atoms with van der Waals surface area (Å²) < 4.78 is 0. The van der Waals surface area contributed by atoms with Crippen molar-refractivity contribution in [3.05, 3.63) is 29.8 Å². The van der Waals surface area contributed by atoms with E-state index in [1.807, 2.05) is 24.3 Å². The number of urea groups is 1. The number of aliphatic hydroxyl groups excluding tert-OH is 1. The predicted molar refractivity (Wildman–Crippen MR) is 84.1 cm³/mol. The Morgan fingerprint density at radius 3 is 2.57 bits per heavy atom. The molecule has 1 saturated carbocycles. The van der Waals surface area contributed by atoms with Crippen molar-refractivity contribution < 1.29 is 9.90 Å². The molecule has 5 N–H and O–H groups in total. The number of hydrogen-bond acceptors (Lipinski definition) is 3. The lowest BCUT2D eigenvalue weighted by Gasteiger charge is -2.26. The monoisotopic (exact) mass is 291 g/mol. The fourth-order valence-electron chi connectivity index (χ4n) is 2.90. The number of nitrogens with two attached hydrogens (primary N) is 1. The third kappa shape index (κ3) is 4.72. The summed E-state index contributed by atoms with van der Waals surface area (Å²) in [5.74, 6) is 0. The quantitative estimate of drug-likeness (QED) is 0.643. The van der Waals surface area contributed by atoms with Crippen LogP contribution in [0.25, 0.3) is 0 Å². The summed E-state index contributed by atoms with van der Waals surface area (Å²) >= 11 is 0. The molecule has 1 fully saturated rings. The lowest BCUT2D eigenvalue weighted by atomic mass is 10.0. The summed E-state index contributed by atoms with van der Waals surface area (Å²) in [6.45, 7) is 2.09. The lowest BCUT2D eigenvalue weighted by molar-refractivity contribution is 0.115. The Morgan fingerprint density at radius 2 is 1.90 bits per heavy atom. The molecule has 21 heavy (non-hydrogen) atoms. The Labute approximate surface area is 125 Å². The molecule has 1 aliphatic carbocycles. The number of carbonyl (C=O) groups excluding carboxylic acids is 1. The number of rotatable bonds is 4. The van der Waals surface area contributed by atoms with Crippen LogP contribution < -0.4 is 16.4 Å². The smallest absolute Gasteiger partial charge is 0.316 e. The molecule has 3 atom stereocenters. The van der Waals surface area contributed by atoms with Gasteiger partial charge in [0.2, 0.25) is 0 Å². The number of primary amides is 1. The first-order valence-electron chi connectivity index (χ1n) is 7.67. The second-order valence-corrected chi connectivity index (χ2v) is 5.81. The van der Waals surface area contributed by atoms with E-state index in [2.05, 4.69) is 17.6 Å². The fourth-order valence-corrected chi connectivity index (χ4v) is 2.90. The average molecular weight is 291 g/mol. The number of benzene rings is 1. The van der Waals surface area contributed by atoms with Gasteiger partial charge in [0.15, 0.2) is 0 Å². The first-order valence-corrected chi connectivity index (χ1v) is 7.67. The number of anilines is 1. The SMILES string of the molecule is CC(NC1CCCCCC1O)c1ccc(NC(N)=O)cc1. The van der Waals surface area contributed by atoms with E-state index in [9.17, 15) is 9.90 Å². The summed E-state index contributed by atoms with van der Waals surface area (Å²) in [4.78, 5) is 10.8. The Balaban J connectivity index is 1.95. The van der Waals surface area contributed by atoms with Crippen molar-refractivity contribution >= 4 is 11.7 Å². The van der Waals surface area contributed by atoms with Crippen LogP contribution in [0, 0.1) is 0 Å². The van der Waals surface area contributed by atoms with Crippen LogP contribution in [0.2, 0.25) is 0 Å². The van der Waals surface area contributed by atoms with Gasteiger partial charge in [-0.25, -0.2) is 4.79 Å². The van der Waals surface area contributed by atoms with Crippen LogP contribution in [0.15, 0.2) is 24.3 Å². The summed E-state index contributed by atoms with van der Waals surface area (Å²) in [6.07, 6.45) is 5.13. The average Bonchev–Trinajstić information content (AvgIpc) is 2.64. The molecule has 116 valence electrons. The number of carbonyl (C=O) groups is 1. The van der Waals surface area contributed by atoms with Gasteiger partial charge in [0.05, 0.1) is 6.10 Å². The van der Waals surface area contributed by atoms with Gasteiger partial charge in [0.1, 0.15) is 0 Å². The molecule has 0 bridgehead atoms. The minimum Gasteiger partial charge on any atom is -0.392 e. The van der Waals surface area contributed by atoms with Gasteiger partial charge < -0.3 is 21.5 Å². The minimum atomic E-state index is -0.560. The predicted octanol–water partition coefficient (Wildman–Crippen LogP) is 2.52. The first kappa shape index (κ1) is 15.8. The molecule has 0 spiro atoms. The third-order valence-electron chi connectivity index (χ3n) is 4.12. The van der Waals surface area contributed by atoms with Crippen molar-refractivity contribution in [2.75, 3.05) is 5.32 Å². The van der Waals surface area contributed by atoms with Gasteiger partial charge in [-0.05, 0) is 37.5 Å². The molecule has 1 aliphatic rings. The molecule has 3 unspecified atom stereocenters. The highest BCUT2D eigenvalue weighted by molar-refractivity contribution is 5.87. The topological polar surface area (TPSA) is 87.4 Å². The third-order valence-corrected chi connectivity index (χ3v) is 4.12. The molecule has 0 aromatic heterocycles. The van der Waals surface area contributed by atoms with Crippen molar-refractivity contribution in [1.29, 1.82) is 0 Å². The van der Waals surface area contributed by atoms with Crippen LogP contribution >= 0.6 is 0 Å². The summed E-state index contributed by atoms with van der Waals surface area (Å²) in [5.41, 5.74) is 6.90. The van der Waals surface area contributed by atoms with Gasteiger partial charge in [0, 0.05) is 17.8 Å². The molecule has 5 nitrogen and oxygen atoms in total. The number of nitrogens with one attached hydrogen (secondary N) is 2. The Hall–Kier alpha value is -1.59. The Bertz CT molecular complexity index is 461. The van der Waals surface area contributed by atoms with Crippen LogP contribution in [0.1, 0.15) is 50.6 Å². The minimum absolute atomic E-state index is 0.158. The van der Waals surface area contributed by atoms with Crippen molar-refractivity contribution in [1.82, 2.24) is 5.32 Å². The first-order chi connectivity index (χ1) is 10.1. The molecule has 0 radical (unpaired) electrons. The number of aliphatic hydroxyl groups is 1. The highest BCUT2D eigenvalue weighted by Crippen LogP contribution is 2.22. The zero-order valence-electron chi connectivity index (χ0n) is 12.5. The molecular formula is C16H25N3O2. The highest BCUT2D eigenvalue weighted by atomic mass is 16.3. The van der Waals surface area contributed by atoms with Crippen LogP contribution in [0.3, 0.4) is 0 Å². The molecule has 0 saturated heterocycles. The van der Waals surface area contributed by atoms with Crippen molar-refractivity contribution in [3.63, 3.8) is 0 Å². The van der Waals surface area contributed by atoms with Gasteiger partial charge in [-0.15, -0.1) is 0 Å². The van der Waals surface area contributed by atoms with Gasteiger partial charge >= 0.3 is 6.03 Å². The zero-order chi connectivity index (χ0) is 15.2. The summed E-state index contributed by atoms with van der Waals surface area (Å²) in [5, 5.41) is 16.2. The maximum Gasteiger partial charge on any atom is 0.316 e. The standard InChI is InChI=1S/C16H25N3O2/c1-11(18-14-5-3-2-4-6-15(14)20)12-7-9-13(10-8-12)19-16(17)21/h7-11,14-15,18,20H,2-6H2,1H3,(H3,17,19,21). The molecule has 0 heterocycles. The van der Waals surface area contributed by atoms with E-state index in [0.29, 0.717) is 5.69 Å². The summed E-state index contributed by atoms with van der Waals surface area (Å²) in [7, 11) is 0. The van der Waals surface area contributed by atoms with Crippen LogP contribution in [-0.4, -0.2) is 23.3 Å². The van der Waals surface area contributed by atoms with Crippen LogP contribution in [0.4, 0.5) is 10.5 Å². The molecule has 2 amide bonds. The van der Waals surface area contributed by atoms with Crippen molar-refractivity contribution in [3.8, 4) is 0 Å². The molecule has 5 heteroatoms. The number of hydrogen-bond donors (Lipinski definition) is 4. The van der Waals surface area contributed by atoms with E-state index < -0.39 is 6.03 Å². The maximum absolute atomic E-state index is 10.8. The van der Waals surface area contributed by atoms with Gasteiger partial charge in [0.25, 0.3) is 0 Å². The second kappa shape index (κ2) is 7.43. The molecular weight excluding hydrogens is 266 g/mol. The number of amides is 2. The highest BCUT2D eigenvalue weighted by Gasteiger charge is 2.23. The Kier molecular flexibility index (Phi) is 5.59. The van der Waals surface area contributed by atoms with Crippen molar-refractivity contribution in [2.24, 2.45) is 5.73 Å². The molecule has 1 aromatic rings. The van der Waals surface area contributed by atoms with E-state index in [1.54, 1.807) is 0 Å². The maximum atomic E-state index is 10.8. The van der Waals surface area contributed by atoms with Gasteiger partial charge in [-0.3, -0.25) is 0 Å². The largest absolute Gasteiger partial charge is 0.392 e. The fraction of sp³-hybridized carbons (Fsp3) is 0.562. The molecule has 1 aromatic carbocycles.